The molecule has 0 aliphatic heterocycles. The molecule has 0 aliphatic carbocycles. The standard InChI is InChI=1S/C21H28N2O4S/c1-16(9-10-17-7-5-4-6-8-17)22-21(24)15-20(23-28(3,25)26)18-11-13-19(27-2)14-12-18/h4-8,11-14,16,20,23H,9-10,15H2,1-3H3,(H,22,24)/t16-,20+/m1/s1. The molecule has 7 heteroatoms. The Morgan fingerprint density at radius 3 is 2.29 bits per heavy atom. The SMILES string of the molecule is COc1ccc([C@H](CC(=O)N[C@H](C)CCc2ccccc2)NS(C)(=O)=O)cc1. The number of carbonyl (C=O) groups excluding carboxylic acids is 1. The molecule has 0 radical (unpaired) electrons. The molecule has 0 aromatic heterocycles. The fourth-order valence-electron chi connectivity index (χ4n) is 2.94. The van der Waals surface area contributed by atoms with E-state index in [-0.39, 0.29) is 18.4 Å². The molecule has 0 fully saturated rings. The van der Waals surface area contributed by atoms with Gasteiger partial charge in [0, 0.05) is 12.5 Å². The zero-order valence-corrected chi connectivity index (χ0v) is 17.3. The van der Waals surface area contributed by atoms with Crippen molar-refractivity contribution in [3.8, 4) is 5.75 Å². The van der Waals surface area contributed by atoms with Crippen molar-refractivity contribution in [3.05, 3.63) is 65.7 Å². The number of hydrogen-bond donors (Lipinski definition) is 2. The van der Waals surface area contributed by atoms with Gasteiger partial charge >= 0.3 is 0 Å². The van der Waals surface area contributed by atoms with Gasteiger partial charge in [-0.3, -0.25) is 4.79 Å². The topological polar surface area (TPSA) is 84.5 Å². The minimum absolute atomic E-state index is 0.0116. The van der Waals surface area contributed by atoms with Crippen molar-refractivity contribution in [3.63, 3.8) is 0 Å². The lowest BCUT2D eigenvalue weighted by atomic mass is 10.0. The summed E-state index contributed by atoms with van der Waals surface area (Å²) >= 11 is 0. The second-order valence-corrected chi connectivity index (χ2v) is 8.69. The molecule has 0 bridgehead atoms. The monoisotopic (exact) mass is 404 g/mol. The van der Waals surface area contributed by atoms with Crippen LogP contribution < -0.4 is 14.8 Å². The lowest BCUT2D eigenvalue weighted by Gasteiger charge is -2.20. The highest BCUT2D eigenvalue weighted by Crippen LogP contribution is 2.21. The number of aryl methyl sites for hydroxylation is 1. The van der Waals surface area contributed by atoms with Gasteiger partial charge in [-0.1, -0.05) is 42.5 Å². The lowest BCUT2D eigenvalue weighted by Crippen LogP contribution is -2.37. The fraction of sp³-hybridized carbons (Fsp3) is 0.381. The first-order valence-electron chi connectivity index (χ1n) is 9.21. The molecule has 2 aromatic rings. The van der Waals surface area contributed by atoms with Gasteiger partial charge in [0.1, 0.15) is 5.75 Å². The van der Waals surface area contributed by atoms with E-state index in [0.717, 1.165) is 19.1 Å². The van der Waals surface area contributed by atoms with Crippen LogP contribution in [-0.4, -0.2) is 33.7 Å². The van der Waals surface area contributed by atoms with E-state index in [1.807, 2.05) is 25.1 Å². The molecule has 0 saturated carbocycles. The highest BCUT2D eigenvalue weighted by molar-refractivity contribution is 7.88. The van der Waals surface area contributed by atoms with E-state index < -0.39 is 16.1 Å². The van der Waals surface area contributed by atoms with Crippen molar-refractivity contribution in [1.29, 1.82) is 0 Å². The number of ether oxygens (including phenoxy) is 1. The van der Waals surface area contributed by atoms with E-state index in [2.05, 4.69) is 22.2 Å². The molecule has 2 atom stereocenters. The van der Waals surface area contributed by atoms with Crippen molar-refractivity contribution in [1.82, 2.24) is 10.0 Å². The average Bonchev–Trinajstić information content (AvgIpc) is 2.65. The van der Waals surface area contributed by atoms with Crippen LogP contribution in [0.15, 0.2) is 54.6 Å². The van der Waals surface area contributed by atoms with Crippen LogP contribution in [0, 0.1) is 0 Å². The summed E-state index contributed by atoms with van der Waals surface area (Å²) in [4.78, 5) is 12.5. The van der Waals surface area contributed by atoms with Crippen LogP contribution in [-0.2, 0) is 21.2 Å². The molecular weight excluding hydrogens is 376 g/mol. The number of sulfonamides is 1. The maximum Gasteiger partial charge on any atom is 0.222 e. The molecule has 0 spiro atoms. The van der Waals surface area contributed by atoms with Crippen LogP contribution in [0.1, 0.15) is 36.9 Å². The molecule has 2 rings (SSSR count). The minimum Gasteiger partial charge on any atom is -0.497 e. The number of amides is 1. The number of carbonyl (C=O) groups is 1. The number of nitrogens with one attached hydrogen (secondary N) is 2. The molecule has 152 valence electrons. The molecule has 0 aliphatic rings. The van der Waals surface area contributed by atoms with E-state index in [1.54, 1.807) is 31.4 Å². The molecule has 28 heavy (non-hydrogen) atoms. The molecule has 1 amide bonds. The summed E-state index contributed by atoms with van der Waals surface area (Å²) in [6.07, 6.45) is 2.78. The smallest absolute Gasteiger partial charge is 0.222 e. The Balaban J connectivity index is 1.96. The fourth-order valence-corrected chi connectivity index (χ4v) is 3.68. The Labute approximate surface area is 167 Å². The third-order valence-corrected chi connectivity index (χ3v) is 5.09. The van der Waals surface area contributed by atoms with Crippen molar-refractivity contribution >= 4 is 15.9 Å². The van der Waals surface area contributed by atoms with Crippen LogP contribution in [0.2, 0.25) is 0 Å². The second-order valence-electron chi connectivity index (χ2n) is 6.91. The van der Waals surface area contributed by atoms with E-state index in [0.29, 0.717) is 11.3 Å². The zero-order chi connectivity index (χ0) is 20.6. The molecule has 0 saturated heterocycles. The molecule has 0 unspecified atom stereocenters. The van der Waals surface area contributed by atoms with Gasteiger partial charge in [-0.25, -0.2) is 13.1 Å². The van der Waals surface area contributed by atoms with Crippen LogP contribution in [0.5, 0.6) is 5.75 Å². The highest BCUT2D eigenvalue weighted by Gasteiger charge is 2.20. The highest BCUT2D eigenvalue weighted by atomic mass is 32.2. The summed E-state index contributed by atoms with van der Waals surface area (Å²) in [5, 5.41) is 2.96. The summed E-state index contributed by atoms with van der Waals surface area (Å²) in [7, 11) is -1.91. The number of hydrogen-bond acceptors (Lipinski definition) is 4. The molecular formula is C21H28N2O4S. The van der Waals surface area contributed by atoms with Crippen LogP contribution in [0.4, 0.5) is 0 Å². The summed E-state index contributed by atoms with van der Waals surface area (Å²) in [5.41, 5.74) is 1.93. The number of rotatable bonds is 10. The Kier molecular flexibility index (Phi) is 8.02. The van der Waals surface area contributed by atoms with Crippen molar-refractivity contribution in [2.45, 2.75) is 38.3 Å². The Hall–Kier alpha value is -2.38. The van der Waals surface area contributed by atoms with Crippen molar-refractivity contribution < 1.29 is 17.9 Å². The predicted molar refractivity (Wildman–Crippen MR) is 111 cm³/mol. The van der Waals surface area contributed by atoms with Gasteiger partial charge in [0.25, 0.3) is 0 Å². The maximum atomic E-state index is 12.5. The van der Waals surface area contributed by atoms with Gasteiger partial charge < -0.3 is 10.1 Å². The zero-order valence-electron chi connectivity index (χ0n) is 16.5. The van der Waals surface area contributed by atoms with E-state index >= 15 is 0 Å². The quantitative estimate of drug-likeness (QED) is 0.638. The third kappa shape index (κ3) is 7.70. The molecule has 6 nitrogen and oxygen atoms in total. The first-order valence-corrected chi connectivity index (χ1v) is 11.1. The second kappa shape index (κ2) is 10.2. The van der Waals surface area contributed by atoms with Crippen LogP contribution in [0.3, 0.4) is 0 Å². The summed E-state index contributed by atoms with van der Waals surface area (Å²) in [6, 6.07) is 16.4. The van der Waals surface area contributed by atoms with Gasteiger partial charge in [0.2, 0.25) is 15.9 Å². The predicted octanol–water partition coefficient (Wildman–Crippen LogP) is 2.81. The maximum absolute atomic E-state index is 12.5. The van der Waals surface area contributed by atoms with Gasteiger partial charge in [0.05, 0.1) is 19.4 Å². The average molecular weight is 405 g/mol. The molecule has 2 N–H and O–H groups in total. The van der Waals surface area contributed by atoms with Crippen molar-refractivity contribution in [2.75, 3.05) is 13.4 Å². The Morgan fingerprint density at radius 1 is 1.07 bits per heavy atom. The van der Waals surface area contributed by atoms with Gasteiger partial charge in [-0.15, -0.1) is 0 Å². The normalized spacial score (nSPS) is 13.5. The molecule has 0 heterocycles. The molecule has 2 aromatic carbocycles. The van der Waals surface area contributed by atoms with Gasteiger partial charge in [-0.2, -0.15) is 0 Å². The third-order valence-electron chi connectivity index (χ3n) is 4.38. The largest absolute Gasteiger partial charge is 0.497 e. The summed E-state index contributed by atoms with van der Waals surface area (Å²) < 4.78 is 31.1. The van der Waals surface area contributed by atoms with Crippen molar-refractivity contribution in [2.24, 2.45) is 0 Å². The van der Waals surface area contributed by atoms with Crippen LogP contribution in [0.25, 0.3) is 0 Å². The first-order chi connectivity index (χ1) is 13.3. The van der Waals surface area contributed by atoms with Gasteiger partial charge in [-0.05, 0) is 43.0 Å². The number of benzene rings is 2. The number of methoxy groups -OCH3 is 1. The van der Waals surface area contributed by atoms with E-state index in [4.69, 9.17) is 4.74 Å². The Morgan fingerprint density at radius 2 is 1.71 bits per heavy atom. The first kappa shape index (κ1) is 21.9. The van der Waals surface area contributed by atoms with Gasteiger partial charge in [0.15, 0.2) is 0 Å². The summed E-state index contributed by atoms with van der Waals surface area (Å²) in [5.74, 6) is 0.471. The van der Waals surface area contributed by atoms with Crippen LogP contribution >= 0.6 is 0 Å². The lowest BCUT2D eigenvalue weighted by molar-refractivity contribution is -0.122. The minimum atomic E-state index is -3.47. The Bertz CT molecular complexity index is 852. The van der Waals surface area contributed by atoms with E-state index in [1.165, 1.54) is 5.56 Å². The van der Waals surface area contributed by atoms with E-state index in [9.17, 15) is 13.2 Å². The summed E-state index contributed by atoms with van der Waals surface area (Å²) in [6.45, 7) is 1.95.